The maximum Gasteiger partial charge on any atom is 0.322 e. The van der Waals surface area contributed by atoms with E-state index in [-0.39, 0.29) is 24.5 Å². The maximum atomic E-state index is 12.6. The van der Waals surface area contributed by atoms with Gasteiger partial charge in [-0.15, -0.1) is 0 Å². The molecular weight excluding hydrogens is 550 g/mol. The molecule has 0 heterocycles. The summed E-state index contributed by atoms with van der Waals surface area (Å²) in [4.78, 5) is 34.8. The van der Waals surface area contributed by atoms with Gasteiger partial charge in [-0.1, -0.05) is 127 Å². The molecule has 2 N–H and O–H groups in total. The van der Waals surface area contributed by atoms with Crippen LogP contribution in [0.25, 0.3) is 0 Å². The molecule has 0 rings (SSSR count). The molecule has 1 unspecified atom stereocenters. The molecular formula is C38H67NO5. The highest BCUT2D eigenvalue weighted by Gasteiger charge is 2.14. The van der Waals surface area contributed by atoms with E-state index in [1.54, 1.807) is 0 Å². The second-order valence-corrected chi connectivity index (χ2v) is 12.1. The molecule has 254 valence electrons. The van der Waals surface area contributed by atoms with Gasteiger partial charge in [0.1, 0.15) is 12.6 Å². The number of ether oxygens (including phenoxy) is 1. The van der Waals surface area contributed by atoms with Crippen molar-refractivity contribution in [2.45, 2.75) is 180 Å². The number of esters is 1. The summed E-state index contributed by atoms with van der Waals surface area (Å²) in [7, 11) is 0. The summed E-state index contributed by atoms with van der Waals surface area (Å²) in [5, 5.41) is 11.0. The van der Waals surface area contributed by atoms with Gasteiger partial charge < -0.3 is 15.2 Å². The van der Waals surface area contributed by atoms with Crippen molar-refractivity contribution in [3.05, 3.63) is 36.5 Å². The molecule has 0 spiro atoms. The van der Waals surface area contributed by atoms with Crippen molar-refractivity contribution in [3.63, 3.8) is 0 Å². The number of allylic oxidation sites excluding steroid dienone is 6. The molecule has 1 atom stereocenters. The SMILES string of the molecule is CC/C=C\C/C=C\C/C=C\CCCCCC(=O)OC(CCCCCCCCCCC)CCCCCCCC(=O)NCC(=O)O. The fourth-order valence-electron chi connectivity index (χ4n) is 5.18. The molecule has 44 heavy (non-hydrogen) atoms. The molecule has 0 aliphatic heterocycles. The van der Waals surface area contributed by atoms with E-state index < -0.39 is 5.97 Å². The first-order chi connectivity index (χ1) is 21.5. The van der Waals surface area contributed by atoms with Crippen molar-refractivity contribution >= 4 is 17.8 Å². The minimum absolute atomic E-state index is 0.0160. The molecule has 0 aromatic carbocycles. The quantitative estimate of drug-likeness (QED) is 0.0445. The number of aliphatic carboxylic acids is 1. The number of rotatable bonds is 32. The van der Waals surface area contributed by atoms with E-state index >= 15 is 0 Å². The molecule has 0 bridgehead atoms. The Morgan fingerprint density at radius 1 is 0.614 bits per heavy atom. The van der Waals surface area contributed by atoms with Crippen molar-refractivity contribution in [1.82, 2.24) is 5.32 Å². The van der Waals surface area contributed by atoms with Crippen LogP contribution in [0.4, 0.5) is 0 Å². The van der Waals surface area contributed by atoms with Crippen LogP contribution in [-0.4, -0.2) is 35.6 Å². The number of nitrogens with one attached hydrogen (secondary N) is 1. The van der Waals surface area contributed by atoms with Gasteiger partial charge in [0.05, 0.1) is 0 Å². The van der Waals surface area contributed by atoms with Gasteiger partial charge in [0.25, 0.3) is 0 Å². The molecule has 6 heteroatoms. The zero-order chi connectivity index (χ0) is 32.4. The van der Waals surface area contributed by atoms with Crippen LogP contribution in [0.2, 0.25) is 0 Å². The van der Waals surface area contributed by atoms with Gasteiger partial charge in [0, 0.05) is 12.8 Å². The number of carbonyl (C=O) groups is 3. The molecule has 0 aromatic heterocycles. The van der Waals surface area contributed by atoms with Crippen LogP contribution < -0.4 is 5.32 Å². The minimum atomic E-state index is -1.02. The summed E-state index contributed by atoms with van der Waals surface area (Å²) >= 11 is 0. The molecule has 0 saturated heterocycles. The van der Waals surface area contributed by atoms with Crippen LogP contribution in [0.3, 0.4) is 0 Å². The van der Waals surface area contributed by atoms with E-state index in [1.165, 1.54) is 51.4 Å². The number of unbranched alkanes of at least 4 members (excludes halogenated alkanes) is 15. The Bertz CT molecular complexity index is 773. The lowest BCUT2D eigenvalue weighted by Gasteiger charge is -2.18. The summed E-state index contributed by atoms with van der Waals surface area (Å²) in [5.41, 5.74) is 0. The van der Waals surface area contributed by atoms with Gasteiger partial charge in [-0.3, -0.25) is 14.4 Å². The van der Waals surface area contributed by atoms with Gasteiger partial charge >= 0.3 is 11.9 Å². The van der Waals surface area contributed by atoms with Crippen molar-refractivity contribution < 1.29 is 24.2 Å². The first kappa shape index (κ1) is 41.6. The van der Waals surface area contributed by atoms with Gasteiger partial charge in [-0.2, -0.15) is 0 Å². The first-order valence-corrected chi connectivity index (χ1v) is 18.1. The van der Waals surface area contributed by atoms with Crippen molar-refractivity contribution in [3.8, 4) is 0 Å². The third-order valence-corrected chi connectivity index (χ3v) is 7.83. The molecule has 0 aromatic rings. The topological polar surface area (TPSA) is 92.7 Å². The Morgan fingerprint density at radius 2 is 1.11 bits per heavy atom. The zero-order valence-corrected chi connectivity index (χ0v) is 28.5. The first-order valence-electron chi connectivity index (χ1n) is 18.1. The molecule has 0 saturated carbocycles. The predicted molar refractivity (Wildman–Crippen MR) is 185 cm³/mol. The number of amides is 1. The maximum absolute atomic E-state index is 12.6. The third kappa shape index (κ3) is 32.5. The van der Waals surface area contributed by atoms with E-state index in [0.717, 1.165) is 96.3 Å². The molecule has 0 aliphatic carbocycles. The Morgan fingerprint density at radius 3 is 1.70 bits per heavy atom. The number of hydrogen-bond donors (Lipinski definition) is 2. The van der Waals surface area contributed by atoms with Gasteiger partial charge in [-0.25, -0.2) is 0 Å². The Labute approximate surface area is 270 Å². The summed E-state index contributed by atoms with van der Waals surface area (Å²) in [6.07, 6.45) is 39.7. The Hall–Kier alpha value is -2.37. The van der Waals surface area contributed by atoms with Crippen LogP contribution >= 0.6 is 0 Å². The van der Waals surface area contributed by atoms with Crippen molar-refractivity contribution in [1.29, 1.82) is 0 Å². The highest BCUT2D eigenvalue weighted by molar-refractivity contribution is 5.80. The number of carbonyl (C=O) groups excluding carboxylic acids is 2. The van der Waals surface area contributed by atoms with Crippen molar-refractivity contribution in [2.24, 2.45) is 0 Å². The predicted octanol–water partition coefficient (Wildman–Crippen LogP) is 10.6. The highest BCUT2D eigenvalue weighted by atomic mass is 16.5. The third-order valence-electron chi connectivity index (χ3n) is 7.83. The fourth-order valence-corrected chi connectivity index (χ4v) is 5.18. The normalized spacial score (nSPS) is 12.4. The van der Waals surface area contributed by atoms with Crippen LogP contribution in [0.5, 0.6) is 0 Å². The van der Waals surface area contributed by atoms with Crippen molar-refractivity contribution in [2.75, 3.05) is 6.54 Å². The van der Waals surface area contributed by atoms with E-state index in [1.807, 2.05) is 0 Å². The molecule has 6 nitrogen and oxygen atoms in total. The van der Waals surface area contributed by atoms with E-state index in [2.05, 4.69) is 55.6 Å². The van der Waals surface area contributed by atoms with E-state index in [4.69, 9.17) is 9.84 Å². The number of hydrogen-bond acceptors (Lipinski definition) is 4. The average Bonchev–Trinajstić information content (AvgIpc) is 3.00. The van der Waals surface area contributed by atoms with Crippen LogP contribution in [0.15, 0.2) is 36.5 Å². The average molecular weight is 618 g/mol. The number of carboxylic acids is 1. The Kier molecular flexibility index (Phi) is 31.7. The monoisotopic (exact) mass is 618 g/mol. The van der Waals surface area contributed by atoms with Gasteiger partial charge in [0.2, 0.25) is 5.91 Å². The lowest BCUT2D eigenvalue weighted by molar-refractivity contribution is -0.150. The molecule has 0 radical (unpaired) electrons. The lowest BCUT2D eigenvalue weighted by atomic mass is 10.0. The van der Waals surface area contributed by atoms with E-state index in [9.17, 15) is 14.4 Å². The minimum Gasteiger partial charge on any atom is -0.480 e. The summed E-state index contributed by atoms with van der Waals surface area (Å²) in [5.74, 6) is -1.26. The molecule has 0 fully saturated rings. The molecule has 0 aliphatic rings. The fraction of sp³-hybridized carbons (Fsp3) is 0.763. The van der Waals surface area contributed by atoms with Crippen LogP contribution in [-0.2, 0) is 19.1 Å². The largest absolute Gasteiger partial charge is 0.480 e. The summed E-state index contributed by atoms with van der Waals surface area (Å²) in [6.45, 7) is 4.09. The summed E-state index contributed by atoms with van der Waals surface area (Å²) in [6, 6.07) is 0. The van der Waals surface area contributed by atoms with E-state index in [0.29, 0.717) is 12.8 Å². The van der Waals surface area contributed by atoms with Gasteiger partial charge in [0.15, 0.2) is 0 Å². The second-order valence-electron chi connectivity index (χ2n) is 12.1. The van der Waals surface area contributed by atoms with Gasteiger partial charge in [-0.05, 0) is 70.6 Å². The second kappa shape index (κ2) is 33.5. The standard InChI is InChI=1S/C38H67NO5/c1-3-5-7-9-11-13-14-15-16-18-20-25-29-33-38(43)44-35(30-26-22-19-17-12-10-8-6-4-2)31-27-23-21-24-28-32-36(40)39-34-37(41)42/h5,7,11,13,15-16,35H,3-4,6,8-10,12,14,17-34H2,1-2H3,(H,39,40)(H,41,42)/b7-5-,13-11-,16-15-. The number of carboxylic acid groups (broad SMARTS) is 1. The summed E-state index contributed by atoms with van der Waals surface area (Å²) < 4.78 is 5.97. The molecule has 1 amide bonds. The zero-order valence-electron chi connectivity index (χ0n) is 28.5. The lowest BCUT2D eigenvalue weighted by Crippen LogP contribution is -2.28. The highest BCUT2D eigenvalue weighted by Crippen LogP contribution is 2.18. The van der Waals surface area contributed by atoms with Crippen LogP contribution in [0.1, 0.15) is 174 Å². The Balaban J connectivity index is 4.21. The van der Waals surface area contributed by atoms with Crippen LogP contribution in [0, 0.1) is 0 Å². The smallest absolute Gasteiger partial charge is 0.322 e.